The maximum Gasteiger partial charge on any atom is 0.337 e. The van der Waals surface area contributed by atoms with Crippen LogP contribution in [0.3, 0.4) is 0 Å². The number of hydrogen-bond acceptors (Lipinski definition) is 4. The zero-order valence-corrected chi connectivity index (χ0v) is 16.8. The molecule has 0 aliphatic carbocycles. The number of amides is 1. The van der Waals surface area contributed by atoms with Crippen LogP contribution in [0.4, 0.5) is 0 Å². The van der Waals surface area contributed by atoms with E-state index in [1.165, 1.54) is 7.11 Å². The van der Waals surface area contributed by atoms with Crippen molar-refractivity contribution in [3.8, 4) is 0 Å². The fourth-order valence-corrected chi connectivity index (χ4v) is 4.83. The van der Waals surface area contributed by atoms with Crippen LogP contribution < -0.4 is 0 Å². The summed E-state index contributed by atoms with van der Waals surface area (Å²) >= 11 is 5.64. The fraction of sp³-hybridized carbons (Fsp3) is 0.227. The highest BCUT2D eigenvalue weighted by molar-refractivity contribution is 7.80. The summed E-state index contributed by atoms with van der Waals surface area (Å²) in [5.41, 5.74) is 4.52. The zero-order valence-electron chi connectivity index (χ0n) is 16.0. The number of aromatic nitrogens is 1. The summed E-state index contributed by atoms with van der Waals surface area (Å²) in [5.74, 6) is -0.395. The van der Waals surface area contributed by atoms with Gasteiger partial charge in [-0.25, -0.2) is 4.79 Å². The SMILES string of the molecule is COC(=O)c1cccc([C@@H]2c3[nH]c4ccccc4c3C[C@H]3C(=O)N(C)C(=S)N23)c1. The van der Waals surface area contributed by atoms with Crippen LogP contribution in [0, 0.1) is 0 Å². The van der Waals surface area contributed by atoms with Crippen molar-refractivity contribution in [1.82, 2.24) is 14.8 Å². The van der Waals surface area contributed by atoms with Crippen LogP contribution in [0.25, 0.3) is 10.9 Å². The smallest absolute Gasteiger partial charge is 0.337 e. The molecule has 3 heterocycles. The van der Waals surface area contributed by atoms with Crippen molar-refractivity contribution in [2.45, 2.75) is 18.5 Å². The zero-order chi connectivity index (χ0) is 20.3. The number of nitrogens with zero attached hydrogens (tertiary/aromatic N) is 2. The van der Waals surface area contributed by atoms with Gasteiger partial charge in [-0.1, -0.05) is 30.3 Å². The number of fused-ring (bicyclic) bond motifs is 4. The van der Waals surface area contributed by atoms with Gasteiger partial charge >= 0.3 is 5.97 Å². The van der Waals surface area contributed by atoms with E-state index in [1.54, 1.807) is 18.0 Å². The second kappa shape index (κ2) is 6.42. The van der Waals surface area contributed by atoms with E-state index in [4.69, 9.17) is 17.0 Å². The molecule has 5 rings (SSSR count). The molecule has 146 valence electrons. The number of nitrogens with one attached hydrogen (secondary N) is 1. The first kappa shape index (κ1) is 17.9. The van der Waals surface area contributed by atoms with Crippen LogP contribution in [-0.4, -0.2) is 52.0 Å². The lowest BCUT2D eigenvalue weighted by atomic mass is 9.88. The van der Waals surface area contributed by atoms with Gasteiger partial charge in [0, 0.05) is 30.1 Å². The Labute approximate surface area is 173 Å². The average Bonchev–Trinajstić information content (AvgIpc) is 3.23. The third-order valence-electron chi connectivity index (χ3n) is 5.88. The van der Waals surface area contributed by atoms with Gasteiger partial charge in [0.2, 0.25) is 0 Å². The number of aromatic amines is 1. The van der Waals surface area contributed by atoms with Crippen LogP contribution in [-0.2, 0) is 16.0 Å². The number of methoxy groups -OCH3 is 1. The molecule has 2 aromatic carbocycles. The number of H-pyrrole nitrogens is 1. The van der Waals surface area contributed by atoms with Crippen LogP contribution >= 0.6 is 12.2 Å². The molecule has 6 nitrogen and oxygen atoms in total. The van der Waals surface area contributed by atoms with E-state index < -0.39 is 5.97 Å². The minimum absolute atomic E-state index is 0.0000497. The summed E-state index contributed by atoms with van der Waals surface area (Å²) in [6, 6.07) is 14.8. The summed E-state index contributed by atoms with van der Waals surface area (Å²) in [7, 11) is 3.09. The van der Waals surface area contributed by atoms with Crippen molar-refractivity contribution < 1.29 is 14.3 Å². The van der Waals surface area contributed by atoms with E-state index >= 15 is 0 Å². The molecule has 2 aliphatic rings. The fourth-order valence-electron chi connectivity index (χ4n) is 4.51. The number of para-hydroxylation sites is 1. The van der Waals surface area contributed by atoms with E-state index in [9.17, 15) is 9.59 Å². The van der Waals surface area contributed by atoms with Gasteiger partial charge in [-0.15, -0.1) is 0 Å². The lowest BCUT2D eigenvalue weighted by Crippen LogP contribution is -2.44. The van der Waals surface area contributed by atoms with Gasteiger partial charge in [0.1, 0.15) is 6.04 Å². The predicted octanol–water partition coefficient (Wildman–Crippen LogP) is 3.03. The van der Waals surface area contributed by atoms with Crippen molar-refractivity contribution in [3.63, 3.8) is 0 Å². The molecule has 0 saturated carbocycles. The first-order valence-electron chi connectivity index (χ1n) is 9.39. The Morgan fingerprint density at radius 3 is 2.79 bits per heavy atom. The van der Waals surface area contributed by atoms with Gasteiger partial charge in [0.25, 0.3) is 5.91 Å². The molecular formula is C22H19N3O3S. The molecule has 1 N–H and O–H groups in total. The van der Waals surface area contributed by atoms with E-state index in [1.807, 2.05) is 41.3 Å². The number of hydrogen-bond donors (Lipinski definition) is 1. The molecule has 1 fully saturated rings. The molecule has 0 spiro atoms. The lowest BCUT2D eigenvalue weighted by molar-refractivity contribution is -0.127. The third-order valence-corrected chi connectivity index (χ3v) is 6.36. The Hall–Kier alpha value is -3.19. The Bertz CT molecular complexity index is 1190. The number of benzene rings is 2. The number of likely N-dealkylation sites (N-methyl/N-ethyl adjacent to an activating group) is 1. The maximum atomic E-state index is 12.9. The van der Waals surface area contributed by atoms with Gasteiger partial charge in [0.05, 0.1) is 18.7 Å². The second-order valence-electron chi connectivity index (χ2n) is 7.39. The molecule has 29 heavy (non-hydrogen) atoms. The number of carbonyl (C=O) groups excluding carboxylic acids is 2. The molecule has 0 unspecified atom stereocenters. The Morgan fingerprint density at radius 1 is 1.21 bits per heavy atom. The predicted molar refractivity (Wildman–Crippen MR) is 113 cm³/mol. The van der Waals surface area contributed by atoms with E-state index in [-0.39, 0.29) is 18.0 Å². The van der Waals surface area contributed by atoms with Crippen LogP contribution in [0.1, 0.15) is 33.2 Å². The van der Waals surface area contributed by atoms with Crippen LogP contribution in [0.2, 0.25) is 0 Å². The van der Waals surface area contributed by atoms with Crippen molar-refractivity contribution in [2.75, 3.05) is 14.2 Å². The molecule has 2 atom stereocenters. The Balaban J connectivity index is 1.75. The summed E-state index contributed by atoms with van der Waals surface area (Å²) in [5, 5.41) is 1.61. The minimum Gasteiger partial charge on any atom is -0.465 e. The monoisotopic (exact) mass is 405 g/mol. The van der Waals surface area contributed by atoms with Crippen molar-refractivity contribution in [3.05, 3.63) is 70.9 Å². The average molecular weight is 405 g/mol. The molecule has 1 saturated heterocycles. The molecule has 0 bridgehead atoms. The van der Waals surface area contributed by atoms with E-state index in [0.29, 0.717) is 17.1 Å². The Kier molecular flexibility index (Phi) is 3.96. The second-order valence-corrected chi connectivity index (χ2v) is 7.75. The van der Waals surface area contributed by atoms with Crippen molar-refractivity contribution >= 4 is 40.1 Å². The third kappa shape index (κ3) is 2.50. The van der Waals surface area contributed by atoms with E-state index in [0.717, 1.165) is 27.7 Å². The normalized spacial score (nSPS) is 20.8. The van der Waals surface area contributed by atoms with Crippen molar-refractivity contribution in [2.24, 2.45) is 0 Å². The summed E-state index contributed by atoms with van der Waals surface area (Å²) in [6.45, 7) is 0. The largest absolute Gasteiger partial charge is 0.465 e. The standard InChI is InChI=1S/C22H19N3O3S/c1-24-20(26)17-11-15-14-8-3-4-9-16(14)23-18(15)19(25(17)22(24)29)12-6-5-7-13(10-12)21(27)28-2/h3-10,17,19,23H,11H2,1-2H3/t17-,19+/m0/s1. The number of carbonyl (C=O) groups is 2. The van der Waals surface area contributed by atoms with Crippen molar-refractivity contribution in [1.29, 1.82) is 0 Å². The number of rotatable bonds is 2. The van der Waals surface area contributed by atoms with Gasteiger partial charge in [-0.05, 0) is 41.5 Å². The quantitative estimate of drug-likeness (QED) is 0.524. The highest BCUT2D eigenvalue weighted by Gasteiger charge is 2.49. The highest BCUT2D eigenvalue weighted by atomic mass is 32.1. The molecule has 0 radical (unpaired) electrons. The highest BCUT2D eigenvalue weighted by Crippen LogP contribution is 2.43. The molecule has 7 heteroatoms. The number of thiocarbonyl (C=S) groups is 1. The van der Waals surface area contributed by atoms with Gasteiger partial charge in [-0.3, -0.25) is 9.69 Å². The first-order chi connectivity index (χ1) is 14.0. The molecular weight excluding hydrogens is 386 g/mol. The first-order valence-corrected chi connectivity index (χ1v) is 9.79. The lowest BCUT2D eigenvalue weighted by Gasteiger charge is -2.37. The Morgan fingerprint density at radius 2 is 2.00 bits per heavy atom. The van der Waals surface area contributed by atoms with Crippen LogP contribution in [0.15, 0.2) is 48.5 Å². The maximum absolute atomic E-state index is 12.9. The van der Waals surface area contributed by atoms with Gasteiger partial charge < -0.3 is 14.6 Å². The van der Waals surface area contributed by atoms with E-state index in [2.05, 4.69) is 11.1 Å². The molecule has 1 amide bonds. The molecule has 1 aromatic heterocycles. The van der Waals surface area contributed by atoms with Gasteiger partial charge in [0.15, 0.2) is 5.11 Å². The summed E-state index contributed by atoms with van der Waals surface area (Å²) in [6.07, 6.45) is 0.593. The number of ether oxygens (including phenoxy) is 1. The molecule has 3 aromatic rings. The summed E-state index contributed by atoms with van der Waals surface area (Å²) in [4.78, 5) is 32.1. The minimum atomic E-state index is -0.395. The topological polar surface area (TPSA) is 65.6 Å². The molecule has 2 aliphatic heterocycles. The summed E-state index contributed by atoms with van der Waals surface area (Å²) < 4.78 is 4.89. The van der Waals surface area contributed by atoms with Crippen LogP contribution in [0.5, 0.6) is 0 Å². The van der Waals surface area contributed by atoms with Gasteiger partial charge in [-0.2, -0.15) is 0 Å². The number of esters is 1.